The first kappa shape index (κ1) is 12.9. The van der Waals surface area contributed by atoms with E-state index in [9.17, 15) is 8.42 Å². The summed E-state index contributed by atoms with van der Waals surface area (Å²) in [4.78, 5) is 0. The number of hydrogen-bond donors (Lipinski definition) is 2. The van der Waals surface area contributed by atoms with Crippen molar-refractivity contribution in [1.82, 2.24) is 0 Å². The molecule has 4 N–H and O–H groups in total. The monoisotopic (exact) mass is 234 g/mol. The number of hydrogen-bond acceptors (Lipinski definition) is 4. The second-order valence-corrected chi connectivity index (χ2v) is 7.23. The fourth-order valence-corrected chi connectivity index (χ4v) is 4.83. The van der Waals surface area contributed by atoms with Crippen molar-refractivity contribution in [1.29, 1.82) is 0 Å². The van der Waals surface area contributed by atoms with Crippen LogP contribution in [0.1, 0.15) is 26.7 Å². The maximum atomic E-state index is 12.1. The Morgan fingerprint density at radius 1 is 1.40 bits per heavy atom. The Balaban J connectivity index is 3.06. The molecule has 0 radical (unpaired) electrons. The molecule has 1 rings (SSSR count). The van der Waals surface area contributed by atoms with E-state index in [0.29, 0.717) is 18.9 Å². The molecule has 0 bridgehead atoms. The van der Waals surface area contributed by atoms with Crippen LogP contribution in [0.25, 0.3) is 0 Å². The van der Waals surface area contributed by atoms with E-state index in [-0.39, 0.29) is 18.2 Å². The minimum Gasteiger partial charge on any atom is -0.330 e. The van der Waals surface area contributed by atoms with Gasteiger partial charge in [-0.15, -0.1) is 0 Å². The van der Waals surface area contributed by atoms with Gasteiger partial charge in [-0.05, 0) is 31.2 Å². The molecule has 0 aromatic heterocycles. The molecule has 0 spiro atoms. The van der Waals surface area contributed by atoms with Crippen molar-refractivity contribution in [2.75, 3.05) is 18.8 Å². The summed E-state index contributed by atoms with van der Waals surface area (Å²) < 4.78 is 23.5. The third-order valence-electron chi connectivity index (χ3n) is 3.90. The highest BCUT2D eigenvalue weighted by atomic mass is 32.2. The highest BCUT2D eigenvalue weighted by Gasteiger charge is 2.51. The van der Waals surface area contributed by atoms with E-state index >= 15 is 0 Å². The normalized spacial score (nSPS) is 37.1. The lowest BCUT2D eigenvalue weighted by Gasteiger charge is -2.31. The largest absolute Gasteiger partial charge is 0.330 e. The summed E-state index contributed by atoms with van der Waals surface area (Å²) in [5.74, 6) is 0.608. The Kier molecular flexibility index (Phi) is 3.79. The highest BCUT2D eigenvalue weighted by molar-refractivity contribution is 7.92. The summed E-state index contributed by atoms with van der Waals surface area (Å²) in [6, 6.07) is 0. The van der Waals surface area contributed by atoms with Crippen molar-refractivity contribution >= 4 is 9.84 Å². The quantitative estimate of drug-likeness (QED) is 0.723. The molecule has 0 aliphatic heterocycles. The molecule has 3 unspecified atom stereocenters. The molecule has 5 heteroatoms. The molecular weight excluding hydrogens is 212 g/mol. The van der Waals surface area contributed by atoms with Crippen LogP contribution in [0.3, 0.4) is 0 Å². The van der Waals surface area contributed by atoms with Gasteiger partial charge < -0.3 is 11.5 Å². The van der Waals surface area contributed by atoms with E-state index in [4.69, 9.17) is 11.5 Å². The molecule has 1 aliphatic carbocycles. The summed E-state index contributed by atoms with van der Waals surface area (Å²) in [5.41, 5.74) is 11.3. The van der Waals surface area contributed by atoms with Gasteiger partial charge in [0.25, 0.3) is 0 Å². The van der Waals surface area contributed by atoms with Crippen LogP contribution in [0.2, 0.25) is 0 Å². The number of nitrogens with two attached hydrogens (primary N) is 2. The zero-order chi connectivity index (χ0) is 11.7. The van der Waals surface area contributed by atoms with Crippen LogP contribution in [-0.4, -0.2) is 32.0 Å². The average Bonchev–Trinajstić information content (AvgIpc) is 2.56. The Morgan fingerprint density at radius 3 is 2.33 bits per heavy atom. The van der Waals surface area contributed by atoms with Crippen molar-refractivity contribution in [3.8, 4) is 0 Å². The topological polar surface area (TPSA) is 86.2 Å². The Bertz CT molecular complexity index is 315. The number of rotatable bonds is 4. The molecule has 1 saturated carbocycles. The fourth-order valence-electron chi connectivity index (χ4n) is 2.80. The highest BCUT2D eigenvalue weighted by Crippen LogP contribution is 2.44. The van der Waals surface area contributed by atoms with Crippen LogP contribution in [0.4, 0.5) is 0 Å². The lowest BCUT2D eigenvalue weighted by molar-refractivity contribution is 0.433. The van der Waals surface area contributed by atoms with Crippen LogP contribution >= 0.6 is 0 Å². The molecule has 0 heterocycles. The van der Waals surface area contributed by atoms with Crippen LogP contribution in [-0.2, 0) is 9.84 Å². The fraction of sp³-hybridized carbons (Fsp3) is 1.00. The van der Waals surface area contributed by atoms with Gasteiger partial charge in [0.15, 0.2) is 9.84 Å². The van der Waals surface area contributed by atoms with Crippen LogP contribution < -0.4 is 11.5 Å². The minimum atomic E-state index is -3.08. The molecule has 0 aromatic rings. The molecule has 4 nitrogen and oxygen atoms in total. The van der Waals surface area contributed by atoms with E-state index in [1.165, 1.54) is 0 Å². The van der Waals surface area contributed by atoms with E-state index in [2.05, 4.69) is 0 Å². The van der Waals surface area contributed by atoms with Gasteiger partial charge in [0.1, 0.15) is 0 Å². The molecule has 3 atom stereocenters. The summed E-state index contributed by atoms with van der Waals surface area (Å²) in [6.07, 6.45) is 1.52. The van der Waals surface area contributed by atoms with Crippen molar-refractivity contribution in [2.45, 2.75) is 31.4 Å². The molecule has 0 amide bonds. The van der Waals surface area contributed by atoms with E-state index in [1.807, 2.05) is 6.92 Å². The third-order valence-corrected chi connectivity index (χ3v) is 6.63. The zero-order valence-corrected chi connectivity index (χ0v) is 10.4. The standard InChI is InChI=1S/C10H22N2O2S/c1-3-15(13,14)10(7-12)5-9(6-11)4-8(10)2/h8-9H,3-7,11-12H2,1-2H3. The zero-order valence-electron chi connectivity index (χ0n) is 9.57. The summed E-state index contributed by atoms with van der Waals surface area (Å²) in [7, 11) is -3.08. The van der Waals surface area contributed by atoms with Gasteiger partial charge in [-0.25, -0.2) is 8.42 Å². The lowest BCUT2D eigenvalue weighted by Crippen LogP contribution is -2.48. The second kappa shape index (κ2) is 4.39. The predicted octanol–water partition coefficient (Wildman–Crippen LogP) is 0.123. The molecule has 15 heavy (non-hydrogen) atoms. The molecule has 1 aliphatic rings. The first-order valence-electron chi connectivity index (χ1n) is 5.56. The number of sulfone groups is 1. The maximum absolute atomic E-state index is 12.1. The average molecular weight is 234 g/mol. The van der Waals surface area contributed by atoms with Crippen LogP contribution in [0.15, 0.2) is 0 Å². The van der Waals surface area contributed by atoms with E-state index in [0.717, 1.165) is 6.42 Å². The third kappa shape index (κ3) is 1.92. The van der Waals surface area contributed by atoms with E-state index < -0.39 is 14.6 Å². The molecule has 90 valence electrons. The first-order valence-corrected chi connectivity index (χ1v) is 7.21. The van der Waals surface area contributed by atoms with Gasteiger partial charge in [-0.2, -0.15) is 0 Å². The Morgan fingerprint density at radius 2 is 2.00 bits per heavy atom. The van der Waals surface area contributed by atoms with Gasteiger partial charge in [0.05, 0.1) is 4.75 Å². The van der Waals surface area contributed by atoms with Crippen molar-refractivity contribution in [2.24, 2.45) is 23.3 Å². The van der Waals surface area contributed by atoms with Gasteiger partial charge >= 0.3 is 0 Å². The summed E-state index contributed by atoms with van der Waals surface area (Å²) in [6.45, 7) is 4.46. The van der Waals surface area contributed by atoms with Crippen LogP contribution in [0, 0.1) is 11.8 Å². The van der Waals surface area contributed by atoms with Crippen molar-refractivity contribution < 1.29 is 8.42 Å². The van der Waals surface area contributed by atoms with Crippen LogP contribution in [0.5, 0.6) is 0 Å². The summed E-state index contributed by atoms with van der Waals surface area (Å²) in [5, 5.41) is 0. The SMILES string of the molecule is CCS(=O)(=O)C1(CN)CC(CN)CC1C. The van der Waals surface area contributed by atoms with Crippen molar-refractivity contribution in [3.63, 3.8) is 0 Å². The van der Waals surface area contributed by atoms with Gasteiger partial charge in [-0.3, -0.25) is 0 Å². The Hall–Kier alpha value is -0.130. The molecule has 1 fully saturated rings. The Labute approximate surface area is 92.3 Å². The van der Waals surface area contributed by atoms with Gasteiger partial charge in [0.2, 0.25) is 0 Å². The predicted molar refractivity (Wildman–Crippen MR) is 62.2 cm³/mol. The molecule has 0 aromatic carbocycles. The minimum absolute atomic E-state index is 0.126. The van der Waals surface area contributed by atoms with E-state index in [1.54, 1.807) is 6.92 Å². The lowest BCUT2D eigenvalue weighted by atomic mass is 9.97. The first-order chi connectivity index (χ1) is 6.93. The van der Waals surface area contributed by atoms with Gasteiger partial charge in [0, 0.05) is 12.3 Å². The van der Waals surface area contributed by atoms with Gasteiger partial charge in [-0.1, -0.05) is 13.8 Å². The summed E-state index contributed by atoms with van der Waals surface area (Å²) >= 11 is 0. The van der Waals surface area contributed by atoms with Crippen molar-refractivity contribution in [3.05, 3.63) is 0 Å². The molecular formula is C10H22N2O2S. The smallest absolute Gasteiger partial charge is 0.157 e. The second-order valence-electron chi connectivity index (χ2n) is 4.61. The molecule has 0 saturated heterocycles. The maximum Gasteiger partial charge on any atom is 0.157 e.